The number of nitrogens with zero attached hydrogens (tertiary/aromatic N) is 7. The topological polar surface area (TPSA) is 383 Å². The number of carbonyl (C=O) groups excluding carboxylic acids is 7. The van der Waals surface area contributed by atoms with Crippen LogP contribution in [0, 0.1) is 58.2 Å². The molecule has 12 aliphatic rings. The molecule has 2 unspecified atom stereocenters. The van der Waals surface area contributed by atoms with E-state index in [4.69, 9.17) is 75.2 Å². The third-order valence-corrected chi connectivity index (χ3v) is 34.5. The molecule has 3 aromatic carbocycles. The Hall–Kier alpha value is -8.49. The first-order valence-corrected chi connectivity index (χ1v) is 55.2. The number of nitrogens with one attached hydrogen (secondary N) is 3. The predicted octanol–water partition coefficient (Wildman–Crippen LogP) is 17.9. The second kappa shape index (κ2) is 46.9. The van der Waals surface area contributed by atoms with E-state index < -0.39 is 75.0 Å². The second-order valence-electron chi connectivity index (χ2n) is 41.1. The molecular formula is C104H135BrCl2N10O21S3. The molecule has 141 heavy (non-hydrogen) atoms. The predicted molar refractivity (Wildman–Crippen MR) is 541 cm³/mol. The third-order valence-electron chi connectivity index (χ3n) is 30.3. The standard InChI is InChI=1S/C48H62ClN5O9S.C34H44BrNO9S.C21H25ClN4O3S.CH4/c1-28(2)50-47-52-37(27-64-47)36-23-41(35-10-11-40(43(49)44(35)51-36)61-17-14-53-12-15-60-16-13-53)62-34-22-38-39(55)25-48(46(58)59)24-32(48)9-7-5-3-4-6-8-29(45(57)54(38)26-34)21-42(56)63-33-19-30-18-31(30)20-33;1-43-33(40)34-18-24(34)8-6-4-2-3-5-7-21(16-31(38)44-26-14-22-13-23(22)15-26)32(39)36-20-27(17-29(36)30(37)19-34)45-46(41,42)28-11-9-25(35)10-12-28;1-13(2)23-21-25-16(12-30-21)15-11-17(27)14-3-4-18(19(22)20(14)24-15)29-10-7-26-5-8-28-9-6-26;/h10-11,23,27-34,38H,3-9,12-22,24-26H2,1-2H3,(H,50,52)(H,58,59);9-12,21-24,26-27,29H,2-8,13-20H2,1H3;3-4,11-13H,5-10H2,1-2H3,(H,23,25)(H,24,27);1H4/t29-,30-,31+,32-,33?,34-,38+,48-;21-,22-,23+,24-,26?,27+,29+,34-;;/m11../s1. The molecule has 31 nitrogen and oxygen atoms in total. The first kappa shape index (κ1) is 105. The van der Waals surface area contributed by atoms with Crippen molar-refractivity contribution in [3.8, 4) is 40.0 Å². The van der Waals surface area contributed by atoms with Crippen LogP contribution in [-0.2, 0) is 76.3 Å². The Balaban J connectivity index is 0.000000162. The zero-order valence-electron chi connectivity index (χ0n) is 80.5. The van der Waals surface area contributed by atoms with Crippen LogP contribution >= 0.6 is 61.8 Å². The molecule has 0 radical (unpaired) electrons. The van der Waals surface area contributed by atoms with Gasteiger partial charge in [-0.3, -0.25) is 57.1 Å². The summed E-state index contributed by atoms with van der Waals surface area (Å²) in [7, 11) is -2.87. The largest absolute Gasteiger partial charge is 0.491 e. The lowest BCUT2D eigenvalue weighted by molar-refractivity contribution is -0.155. The number of ether oxygens (including phenoxy) is 8. The van der Waals surface area contributed by atoms with Gasteiger partial charge in [0.05, 0.1) is 115 Å². The molecule has 6 saturated heterocycles. The molecule has 2 amide bonds. The highest BCUT2D eigenvalue weighted by Crippen LogP contribution is 2.61. The number of Topliss-reactive ketones (excluding diaryl/α,β-unsaturated/α-hetero) is 2. The number of aromatic nitrogens is 4. The number of methoxy groups -OCH3 is 1. The van der Waals surface area contributed by atoms with E-state index in [-0.39, 0.29) is 135 Å². The number of carboxylic acids is 1. The number of aliphatic carboxylic acids is 1. The van der Waals surface area contributed by atoms with Gasteiger partial charge in [0, 0.05) is 134 Å². The van der Waals surface area contributed by atoms with E-state index in [0.29, 0.717) is 152 Å². The molecule has 19 rings (SSSR count). The molecule has 6 aliphatic heterocycles. The number of pyridine rings is 2. The molecule has 10 heterocycles. The number of esters is 3. The van der Waals surface area contributed by atoms with Gasteiger partial charge in [0.25, 0.3) is 10.1 Å². The van der Waals surface area contributed by atoms with E-state index in [1.165, 1.54) is 59.7 Å². The number of carbonyl (C=O) groups is 8. The molecule has 37 heteroatoms. The number of fused-ring (bicyclic) bond motifs is 8. The number of rotatable bonds is 27. The molecule has 4 aromatic heterocycles. The molecule has 6 aliphatic carbocycles. The Bertz CT molecular complexity index is 5800. The molecule has 12 fully saturated rings. The van der Waals surface area contributed by atoms with Crippen LogP contribution in [-0.4, -0.2) is 248 Å². The van der Waals surface area contributed by atoms with Crippen molar-refractivity contribution in [1.29, 1.82) is 0 Å². The highest BCUT2D eigenvalue weighted by atomic mass is 79.9. The molecule has 766 valence electrons. The average molecular weight is 2110 g/mol. The molecular weight excluding hydrogens is 1970 g/mol. The van der Waals surface area contributed by atoms with Gasteiger partial charge < -0.3 is 68.4 Å². The monoisotopic (exact) mass is 2100 g/mol. The van der Waals surface area contributed by atoms with Crippen molar-refractivity contribution in [2.45, 2.75) is 268 Å². The van der Waals surface area contributed by atoms with E-state index in [0.717, 1.165) is 165 Å². The van der Waals surface area contributed by atoms with Crippen molar-refractivity contribution in [1.82, 2.24) is 39.5 Å². The smallest absolute Gasteiger partial charge is 0.312 e. The second-order valence-corrected chi connectivity index (χ2v) is 46.1. The van der Waals surface area contributed by atoms with Crippen LogP contribution in [0.2, 0.25) is 10.0 Å². The maximum atomic E-state index is 14.9. The number of thiazole rings is 2. The van der Waals surface area contributed by atoms with Crippen molar-refractivity contribution in [3.63, 3.8) is 0 Å². The number of morpholine rings is 2. The van der Waals surface area contributed by atoms with E-state index in [9.17, 15) is 56.7 Å². The van der Waals surface area contributed by atoms with Crippen molar-refractivity contribution in [2.24, 2.45) is 58.2 Å². The van der Waals surface area contributed by atoms with Crippen LogP contribution < -0.4 is 30.3 Å². The van der Waals surface area contributed by atoms with E-state index in [1.807, 2.05) is 42.8 Å². The van der Waals surface area contributed by atoms with Gasteiger partial charge in [0.2, 0.25) is 11.8 Å². The molecule has 0 spiro atoms. The normalized spacial score (nSPS) is 28.2. The number of hydrogen-bond acceptors (Lipinski definition) is 29. The molecule has 0 bridgehead atoms. The first-order valence-electron chi connectivity index (χ1n) is 50.5. The Morgan fingerprint density at radius 3 is 1.57 bits per heavy atom. The van der Waals surface area contributed by atoms with Gasteiger partial charge in [-0.1, -0.05) is 111 Å². The van der Waals surface area contributed by atoms with Gasteiger partial charge in [0.1, 0.15) is 64.5 Å². The summed E-state index contributed by atoms with van der Waals surface area (Å²) in [5.74, 6) is -0.660. The summed E-state index contributed by atoms with van der Waals surface area (Å²) in [5.41, 5.74) is 1.37. The number of halogens is 3. The van der Waals surface area contributed by atoms with Crippen LogP contribution in [0.1, 0.15) is 215 Å². The zero-order valence-corrected chi connectivity index (χ0v) is 86.0. The molecule has 4 N–H and O–H groups in total. The zero-order chi connectivity index (χ0) is 98.3. The first-order chi connectivity index (χ1) is 67.4. The minimum absolute atomic E-state index is 0. The summed E-state index contributed by atoms with van der Waals surface area (Å²) in [4.78, 5) is 148. The van der Waals surface area contributed by atoms with Crippen LogP contribution in [0.4, 0.5) is 10.3 Å². The summed E-state index contributed by atoms with van der Waals surface area (Å²) >= 11 is 20.0. The maximum absolute atomic E-state index is 14.9. The fourth-order valence-electron chi connectivity index (χ4n) is 22.3. The summed E-state index contributed by atoms with van der Waals surface area (Å²) in [6.45, 7) is 17.0. The van der Waals surface area contributed by atoms with Crippen LogP contribution in [0.3, 0.4) is 0 Å². The SMILES string of the molecule is C.CC(C)Nc1nc(-c2cc(=O)c3ccc(OCCN4CCOCC4)c(Cl)c3[nH]2)cs1.CC(C)Nc1nc(-c2cc(O[C@@H]3C[C@H]4C(=O)C[C@]5(C(=O)O)C[C@H]5CCCCCCC[C@H](CC(=O)OC5C[C@@H]6C[C@@H]6C5)C(=O)N4C3)c3ccc(OCCN4CCOCC4)c(Cl)c3n2)cs1.COC(=O)[C@]12CC(=O)[C@@H]3C[C@H](OS(=O)(=O)c4ccc(Br)cc4)CN3C(=O)[C@@H](CC(=O)OC3C[C@@H]4C[C@@H]4C3)CCCCCCC[C@@H]1C2. The summed E-state index contributed by atoms with van der Waals surface area (Å²) in [6, 6.07) is 15.2. The van der Waals surface area contributed by atoms with Gasteiger partial charge in [-0.15, -0.1) is 22.7 Å². The molecule has 6 saturated carbocycles. The Morgan fingerprint density at radius 1 is 0.567 bits per heavy atom. The minimum Gasteiger partial charge on any atom is -0.491 e. The van der Waals surface area contributed by atoms with Crippen LogP contribution in [0.25, 0.3) is 44.6 Å². The highest BCUT2D eigenvalue weighted by molar-refractivity contribution is 9.10. The lowest BCUT2D eigenvalue weighted by atomic mass is 9.90. The summed E-state index contributed by atoms with van der Waals surface area (Å²) in [6.07, 6.45) is 16.6. The number of H-pyrrole nitrogens is 1. The van der Waals surface area contributed by atoms with Gasteiger partial charge in [-0.25, -0.2) is 15.0 Å². The van der Waals surface area contributed by atoms with Crippen molar-refractivity contribution >= 4 is 151 Å². The number of carboxylic acid groups (broad SMARTS) is 1. The van der Waals surface area contributed by atoms with Crippen LogP contribution in [0.15, 0.2) is 85.6 Å². The van der Waals surface area contributed by atoms with Gasteiger partial charge in [-0.05, 0) is 189 Å². The molecule has 16 atom stereocenters. The maximum Gasteiger partial charge on any atom is 0.312 e. The quantitative estimate of drug-likeness (QED) is 0.0211. The summed E-state index contributed by atoms with van der Waals surface area (Å²) in [5, 5.41) is 24.4. The fourth-order valence-corrected chi connectivity index (χ4v) is 25.9. The van der Waals surface area contributed by atoms with Crippen molar-refractivity contribution in [3.05, 3.63) is 96.2 Å². The van der Waals surface area contributed by atoms with E-state index in [1.54, 1.807) is 35.2 Å². The summed E-state index contributed by atoms with van der Waals surface area (Å²) < 4.78 is 79.6. The Labute approximate surface area is 851 Å². The Morgan fingerprint density at radius 2 is 1.04 bits per heavy atom. The van der Waals surface area contributed by atoms with E-state index >= 15 is 0 Å². The number of ketones is 2. The lowest BCUT2D eigenvalue weighted by Gasteiger charge is -2.29. The average Bonchev–Trinajstić information content (AvgIpc) is 1.57. The van der Waals surface area contributed by atoms with Crippen molar-refractivity contribution in [2.75, 3.05) is 110 Å². The highest BCUT2D eigenvalue weighted by Gasteiger charge is 2.64. The number of amides is 2. The van der Waals surface area contributed by atoms with Gasteiger partial charge >= 0.3 is 23.9 Å². The van der Waals surface area contributed by atoms with Gasteiger partial charge in [-0.2, -0.15) is 8.42 Å². The third kappa shape index (κ3) is 26.1. The number of benzene rings is 3. The molecule has 7 aromatic rings. The number of anilines is 2. The fraction of sp³-hybridized carbons (Fsp3) is 0.635. The lowest BCUT2D eigenvalue weighted by Crippen LogP contribution is -2.45. The van der Waals surface area contributed by atoms with Crippen LogP contribution in [0.5, 0.6) is 17.2 Å². The number of hydrogen-bond donors (Lipinski definition) is 4. The van der Waals surface area contributed by atoms with Gasteiger partial charge in [0.15, 0.2) is 27.3 Å². The van der Waals surface area contributed by atoms with Crippen molar-refractivity contribution < 1.29 is 94.0 Å². The van der Waals surface area contributed by atoms with E-state index in [2.05, 4.69) is 60.2 Å². The Kier molecular flexibility index (Phi) is 35.0. The minimum atomic E-state index is -4.19. The number of aromatic amines is 1.